The van der Waals surface area contributed by atoms with E-state index in [1.54, 1.807) is 12.4 Å². The maximum Gasteiger partial charge on any atom is 0.474 e. The molecule has 0 amide bonds. The van der Waals surface area contributed by atoms with E-state index in [4.69, 9.17) is 9.97 Å². The Morgan fingerprint density at radius 2 is 1.27 bits per heavy atom. The third kappa shape index (κ3) is 4.22. The lowest BCUT2D eigenvalue weighted by Crippen LogP contribution is -2.29. The Bertz CT molecular complexity index is 2790. The summed E-state index contributed by atoms with van der Waals surface area (Å²) in [4.78, 5) is 14.3. The van der Waals surface area contributed by atoms with Gasteiger partial charge in [0.25, 0.3) is 0 Å². The molecule has 52 heavy (non-hydrogen) atoms. The number of hydrogen-bond acceptors (Lipinski definition) is 3. The van der Waals surface area contributed by atoms with Crippen molar-refractivity contribution in [2.45, 2.75) is 31.6 Å². The summed E-state index contributed by atoms with van der Waals surface area (Å²) >= 11 is 0. The summed E-state index contributed by atoms with van der Waals surface area (Å²) in [6.07, 6.45) is 5.36. The Balaban J connectivity index is 1.35. The van der Waals surface area contributed by atoms with Crippen molar-refractivity contribution in [3.05, 3.63) is 174 Å². The largest absolute Gasteiger partial charge is 0.474 e. The topological polar surface area (TPSA) is 49.6 Å². The zero-order valence-corrected chi connectivity index (χ0v) is 29.5. The van der Waals surface area contributed by atoms with Gasteiger partial charge in [-0.25, -0.2) is 4.98 Å². The molecule has 0 fully saturated rings. The van der Waals surface area contributed by atoms with Gasteiger partial charge in [-0.1, -0.05) is 116 Å². The molecule has 6 heteroatoms. The van der Waals surface area contributed by atoms with Crippen LogP contribution in [0.5, 0.6) is 0 Å². The highest BCUT2D eigenvalue weighted by molar-refractivity contribution is 6.09. The highest BCUT2D eigenvalue weighted by Crippen LogP contribution is 2.57. The number of benzene rings is 5. The quantitative estimate of drug-likeness (QED) is 0.175. The van der Waals surface area contributed by atoms with Gasteiger partial charge in [-0.05, 0) is 80.8 Å². The number of para-hydroxylation sites is 1. The van der Waals surface area contributed by atoms with Gasteiger partial charge in [0.1, 0.15) is 12.9 Å². The first-order valence-corrected chi connectivity index (χ1v) is 17.8. The van der Waals surface area contributed by atoms with Crippen molar-refractivity contribution in [1.29, 1.82) is 0 Å². The summed E-state index contributed by atoms with van der Waals surface area (Å²) in [5, 5.41) is 2.40. The maximum atomic E-state index is 4.85. The minimum absolute atomic E-state index is 0.143. The molecule has 10 rings (SSSR count). The number of rotatable bonds is 4. The van der Waals surface area contributed by atoms with Gasteiger partial charge in [-0.3, -0.25) is 4.57 Å². The van der Waals surface area contributed by atoms with Gasteiger partial charge in [0.15, 0.2) is 11.9 Å². The molecule has 3 aromatic heterocycles. The van der Waals surface area contributed by atoms with E-state index in [1.165, 1.54) is 49.7 Å². The van der Waals surface area contributed by atoms with Crippen molar-refractivity contribution in [2.75, 3.05) is 7.05 Å². The van der Waals surface area contributed by atoms with Gasteiger partial charge in [-0.2, -0.15) is 4.98 Å². The van der Waals surface area contributed by atoms with Gasteiger partial charge in [0.2, 0.25) is 0 Å². The smallest absolute Gasteiger partial charge is 0.294 e. The van der Waals surface area contributed by atoms with Crippen molar-refractivity contribution < 1.29 is 4.58 Å². The van der Waals surface area contributed by atoms with Crippen molar-refractivity contribution in [3.8, 4) is 16.9 Å². The van der Waals surface area contributed by atoms with Gasteiger partial charge < -0.3 is 0 Å². The van der Waals surface area contributed by atoms with Crippen LogP contribution >= 0.6 is 0 Å². The van der Waals surface area contributed by atoms with Crippen molar-refractivity contribution in [1.82, 2.24) is 24.1 Å². The zero-order chi connectivity index (χ0) is 35.2. The summed E-state index contributed by atoms with van der Waals surface area (Å²) < 4.78 is 6.29. The van der Waals surface area contributed by atoms with E-state index in [1.807, 2.05) is 23.9 Å². The van der Waals surface area contributed by atoms with Gasteiger partial charge in [0, 0.05) is 22.0 Å². The number of fused-ring (bicyclic) bond motifs is 7. The first-order chi connectivity index (χ1) is 25.3. The molecule has 1 aliphatic heterocycles. The summed E-state index contributed by atoms with van der Waals surface area (Å²) in [6, 6.07) is 50.3. The van der Waals surface area contributed by atoms with Crippen molar-refractivity contribution in [3.63, 3.8) is 0 Å². The average molecular weight is 673 g/mol. The van der Waals surface area contributed by atoms with E-state index < -0.39 is 5.41 Å². The summed E-state index contributed by atoms with van der Waals surface area (Å²) in [5.74, 6) is 2.45. The fourth-order valence-corrected chi connectivity index (χ4v) is 8.49. The third-order valence-electron chi connectivity index (χ3n) is 10.9. The molecule has 0 saturated carbocycles. The summed E-state index contributed by atoms with van der Waals surface area (Å²) in [5.41, 5.74) is 11.1. The van der Waals surface area contributed by atoms with E-state index in [-0.39, 0.29) is 5.41 Å². The predicted molar refractivity (Wildman–Crippen MR) is 209 cm³/mol. The van der Waals surface area contributed by atoms with Crippen LogP contribution in [-0.2, 0) is 10.8 Å². The second-order valence-corrected chi connectivity index (χ2v) is 14.8. The van der Waals surface area contributed by atoms with E-state index in [2.05, 4.69) is 162 Å². The lowest BCUT2D eigenvalue weighted by atomic mass is 9.66. The molecule has 0 saturated heterocycles. The number of nitrogens with zero attached hydrogens (tertiary/aromatic N) is 6. The molecule has 2 aliphatic rings. The van der Waals surface area contributed by atoms with Crippen LogP contribution in [0.4, 0.5) is 17.3 Å². The lowest BCUT2D eigenvalue weighted by Gasteiger charge is -2.35. The van der Waals surface area contributed by atoms with Crippen LogP contribution in [0.25, 0.3) is 38.8 Å². The van der Waals surface area contributed by atoms with Crippen LogP contribution < -0.4 is 4.58 Å². The third-order valence-corrected chi connectivity index (χ3v) is 10.9. The molecule has 0 N–H and O–H groups in total. The van der Waals surface area contributed by atoms with Crippen LogP contribution in [-0.4, -0.2) is 37.2 Å². The van der Waals surface area contributed by atoms with Crippen LogP contribution in [0, 0.1) is 0 Å². The Kier molecular flexibility index (Phi) is 6.42. The van der Waals surface area contributed by atoms with Crippen LogP contribution in [0.15, 0.2) is 146 Å². The molecule has 0 radical (unpaired) electrons. The first-order valence-electron chi connectivity index (χ1n) is 17.8. The standard InChI is InChI=1S/C46H36N6/c1-45(2,3)31-25-32(27-33(26-31)51-29-50(4)43-44(51)49-24-23-48-43)46(38-16-8-5-13-34(38)35-14-6-9-17-39(35)46)30-20-21-37-36-15-7-10-18-40(36)52(41(37)28-30)42-19-11-12-22-47-42/h5-28H,1-4H3/q+2. The Morgan fingerprint density at radius 1 is 0.596 bits per heavy atom. The molecular weight excluding hydrogens is 637 g/mol. The lowest BCUT2D eigenvalue weighted by molar-refractivity contribution is -0.398. The molecular formula is C46H36N6+2. The molecule has 4 heterocycles. The van der Waals surface area contributed by atoms with Gasteiger partial charge >= 0.3 is 17.6 Å². The Labute approximate surface area is 302 Å². The minimum atomic E-state index is -0.639. The van der Waals surface area contributed by atoms with Gasteiger partial charge in [0.05, 0.1) is 22.6 Å². The van der Waals surface area contributed by atoms with E-state index in [9.17, 15) is 0 Å². The molecule has 1 aliphatic carbocycles. The molecule has 0 unspecified atom stereocenters. The summed E-state index contributed by atoms with van der Waals surface area (Å²) in [6.45, 7) is 6.86. The fourth-order valence-electron chi connectivity index (χ4n) is 8.49. The summed E-state index contributed by atoms with van der Waals surface area (Å²) in [7, 11) is 1.98. The normalized spacial score (nSPS) is 14.2. The maximum absolute atomic E-state index is 4.85. The second kappa shape index (κ2) is 11.0. The molecule has 5 aromatic carbocycles. The number of pyridine rings is 1. The van der Waals surface area contributed by atoms with Crippen LogP contribution in [0.2, 0.25) is 0 Å². The van der Waals surface area contributed by atoms with Crippen LogP contribution in [0.1, 0.15) is 48.6 Å². The highest BCUT2D eigenvalue weighted by Gasteiger charge is 2.47. The second-order valence-electron chi connectivity index (χ2n) is 14.8. The fraction of sp³-hybridized carbons (Fsp3) is 0.130. The average Bonchev–Trinajstić information content (AvgIpc) is 3.80. The van der Waals surface area contributed by atoms with Crippen molar-refractivity contribution in [2.24, 2.45) is 0 Å². The predicted octanol–water partition coefficient (Wildman–Crippen LogP) is 9.93. The van der Waals surface area contributed by atoms with Crippen molar-refractivity contribution >= 4 is 45.1 Å². The Morgan fingerprint density at radius 3 is 2.00 bits per heavy atom. The number of aromatic nitrogens is 4. The molecule has 248 valence electrons. The SMILES string of the molecule is C[N+]1=C=[N+](c2cc(C(C)(C)C)cc(C3(c4ccc5c6ccccc6n(-c6ccccn6)c5c4)c4ccccc4-c4ccccc43)c2)c2nccnc21. The highest BCUT2D eigenvalue weighted by atomic mass is 15.2. The monoisotopic (exact) mass is 672 g/mol. The number of hydrogen-bond donors (Lipinski definition) is 0. The minimum Gasteiger partial charge on any atom is -0.294 e. The molecule has 6 nitrogen and oxygen atoms in total. The van der Waals surface area contributed by atoms with Gasteiger partial charge in [-0.15, -0.1) is 4.58 Å². The van der Waals surface area contributed by atoms with Crippen LogP contribution in [0.3, 0.4) is 0 Å². The zero-order valence-electron chi connectivity index (χ0n) is 29.5. The molecule has 0 atom stereocenters. The molecule has 8 aromatic rings. The molecule has 0 spiro atoms. The van der Waals surface area contributed by atoms with E-state index >= 15 is 0 Å². The first kappa shape index (κ1) is 30.3. The molecule has 0 bridgehead atoms. The van der Waals surface area contributed by atoms with E-state index in [0.29, 0.717) is 0 Å². The Hall–Kier alpha value is -6.49. The van der Waals surface area contributed by atoms with E-state index in [0.717, 1.165) is 34.2 Å².